The lowest BCUT2D eigenvalue weighted by Gasteiger charge is -2.29. The lowest BCUT2D eigenvalue weighted by Crippen LogP contribution is -2.46. The monoisotopic (exact) mass is 369 g/mol. The third kappa shape index (κ3) is 2.18. The van der Waals surface area contributed by atoms with Gasteiger partial charge in [0.25, 0.3) is 0 Å². The molecule has 3 amide bonds. The lowest BCUT2D eigenvalue weighted by molar-refractivity contribution is -0.147. The third-order valence-corrected chi connectivity index (χ3v) is 7.39. The summed E-state index contributed by atoms with van der Waals surface area (Å²) in [4.78, 5) is 41.4. The Morgan fingerprint density at radius 3 is 2.33 bits per heavy atom. The molecular formula is C19H23N5O3. The maximum Gasteiger partial charge on any atom is 0.243 e. The van der Waals surface area contributed by atoms with E-state index < -0.39 is 0 Å². The molecule has 5 aliphatic rings. The van der Waals surface area contributed by atoms with Crippen molar-refractivity contribution in [3.05, 3.63) is 11.6 Å². The van der Waals surface area contributed by atoms with Gasteiger partial charge in [-0.2, -0.15) is 0 Å². The maximum absolute atomic E-state index is 12.8. The van der Waals surface area contributed by atoms with Crippen molar-refractivity contribution in [1.82, 2.24) is 24.6 Å². The van der Waals surface area contributed by atoms with Crippen LogP contribution in [0.2, 0.25) is 0 Å². The maximum atomic E-state index is 12.8. The lowest BCUT2D eigenvalue weighted by atomic mass is 9.81. The SMILES string of the molecule is O=C(CN1C(=O)[C@H]2[C@H]3CC[C@@H](C3)[C@@H]2C1=O)N1CCn2c(nnc2C2CC2)C1. The van der Waals surface area contributed by atoms with Crippen LogP contribution in [0.3, 0.4) is 0 Å². The molecule has 1 aromatic rings. The van der Waals surface area contributed by atoms with Gasteiger partial charge in [-0.1, -0.05) is 0 Å². The highest BCUT2D eigenvalue weighted by atomic mass is 16.2. The summed E-state index contributed by atoms with van der Waals surface area (Å²) in [6.45, 7) is 1.57. The van der Waals surface area contributed by atoms with E-state index in [1.807, 2.05) is 0 Å². The zero-order valence-corrected chi connectivity index (χ0v) is 15.2. The van der Waals surface area contributed by atoms with Crippen LogP contribution < -0.4 is 0 Å². The van der Waals surface area contributed by atoms with Gasteiger partial charge in [0.15, 0.2) is 5.82 Å². The second-order valence-corrected chi connectivity index (χ2v) is 8.86. The predicted molar refractivity (Wildman–Crippen MR) is 91.9 cm³/mol. The zero-order valence-electron chi connectivity index (χ0n) is 15.2. The van der Waals surface area contributed by atoms with Gasteiger partial charge in [0.1, 0.15) is 12.4 Å². The molecule has 8 nitrogen and oxygen atoms in total. The number of likely N-dealkylation sites (tertiary alicyclic amines) is 1. The van der Waals surface area contributed by atoms with Crippen molar-refractivity contribution in [3.8, 4) is 0 Å². The summed E-state index contributed by atoms with van der Waals surface area (Å²) < 4.78 is 2.13. The van der Waals surface area contributed by atoms with Crippen molar-refractivity contribution >= 4 is 17.7 Å². The van der Waals surface area contributed by atoms with Crippen molar-refractivity contribution in [2.24, 2.45) is 23.7 Å². The van der Waals surface area contributed by atoms with Crippen molar-refractivity contribution in [2.75, 3.05) is 13.1 Å². The van der Waals surface area contributed by atoms with Gasteiger partial charge in [-0.15, -0.1) is 10.2 Å². The number of nitrogens with zero attached hydrogens (tertiary/aromatic N) is 5. The van der Waals surface area contributed by atoms with Gasteiger partial charge < -0.3 is 9.47 Å². The molecule has 27 heavy (non-hydrogen) atoms. The van der Waals surface area contributed by atoms with Gasteiger partial charge >= 0.3 is 0 Å². The van der Waals surface area contributed by atoms with E-state index in [1.54, 1.807) is 4.90 Å². The Hall–Kier alpha value is -2.25. The first-order valence-corrected chi connectivity index (χ1v) is 10.2. The first-order valence-electron chi connectivity index (χ1n) is 10.2. The number of imide groups is 1. The summed E-state index contributed by atoms with van der Waals surface area (Å²) in [5.74, 6) is 2.40. The molecule has 3 aliphatic carbocycles. The molecule has 1 aromatic heterocycles. The van der Waals surface area contributed by atoms with Crippen molar-refractivity contribution in [2.45, 2.75) is 51.1 Å². The number of carbonyl (C=O) groups excluding carboxylic acids is 3. The van der Waals surface area contributed by atoms with Crippen LogP contribution in [0.25, 0.3) is 0 Å². The molecule has 1 saturated heterocycles. The minimum atomic E-state index is -0.161. The molecule has 142 valence electrons. The molecule has 3 saturated carbocycles. The molecule has 0 spiro atoms. The van der Waals surface area contributed by atoms with Gasteiger partial charge in [-0.05, 0) is 43.9 Å². The normalized spacial score (nSPS) is 34.4. The first-order chi connectivity index (χ1) is 13.1. The molecule has 0 unspecified atom stereocenters. The van der Waals surface area contributed by atoms with E-state index in [0.29, 0.717) is 37.4 Å². The molecule has 0 radical (unpaired) electrons. The van der Waals surface area contributed by atoms with E-state index in [2.05, 4.69) is 14.8 Å². The van der Waals surface area contributed by atoms with Crippen LogP contribution >= 0.6 is 0 Å². The fourth-order valence-electron chi connectivity index (χ4n) is 5.90. The van der Waals surface area contributed by atoms with Gasteiger partial charge in [-0.25, -0.2) is 0 Å². The second kappa shape index (κ2) is 5.39. The average Bonchev–Trinajstić information content (AvgIpc) is 3.04. The molecule has 8 heteroatoms. The molecule has 3 heterocycles. The molecule has 4 fully saturated rings. The Labute approximate surface area is 156 Å². The Kier molecular flexibility index (Phi) is 3.15. The number of rotatable bonds is 3. The first kappa shape index (κ1) is 15.8. The highest BCUT2D eigenvalue weighted by molar-refractivity contribution is 6.08. The van der Waals surface area contributed by atoms with Crippen LogP contribution in [0, 0.1) is 23.7 Å². The number of hydrogen-bond acceptors (Lipinski definition) is 5. The van der Waals surface area contributed by atoms with Crippen molar-refractivity contribution < 1.29 is 14.4 Å². The van der Waals surface area contributed by atoms with Crippen LogP contribution in [0.4, 0.5) is 0 Å². The molecule has 2 bridgehead atoms. The van der Waals surface area contributed by atoms with E-state index in [4.69, 9.17) is 0 Å². The molecule has 0 N–H and O–H groups in total. The topological polar surface area (TPSA) is 88.4 Å². The average molecular weight is 369 g/mol. The Balaban J connectivity index is 1.16. The summed E-state index contributed by atoms with van der Waals surface area (Å²) in [5, 5.41) is 8.56. The highest BCUT2D eigenvalue weighted by Crippen LogP contribution is 2.56. The molecular weight excluding hydrogens is 346 g/mol. The quantitative estimate of drug-likeness (QED) is 0.725. The summed E-state index contributed by atoms with van der Waals surface area (Å²) in [6.07, 6.45) is 5.46. The summed E-state index contributed by atoms with van der Waals surface area (Å²) in [7, 11) is 0. The Bertz CT molecular complexity index is 832. The summed E-state index contributed by atoms with van der Waals surface area (Å²) in [5.41, 5.74) is 0. The van der Waals surface area contributed by atoms with E-state index in [9.17, 15) is 14.4 Å². The summed E-state index contributed by atoms with van der Waals surface area (Å²) in [6, 6.07) is 0. The van der Waals surface area contributed by atoms with Gasteiger partial charge in [-0.3, -0.25) is 19.3 Å². The second-order valence-electron chi connectivity index (χ2n) is 8.86. The molecule has 0 aromatic carbocycles. The van der Waals surface area contributed by atoms with Crippen molar-refractivity contribution in [1.29, 1.82) is 0 Å². The Morgan fingerprint density at radius 2 is 1.67 bits per heavy atom. The highest BCUT2D eigenvalue weighted by Gasteiger charge is 2.61. The molecule has 4 atom stereocenters. The number of hydrogen-bond donors (Lipinski definition) is 0. The van der Waals surface area contributed by atoms with Crippen LogP contribution in [-0.2, 0) is 27.5 Å². The van der Waals surface area contributed by atoms with Crippen LogP contribution in [0.5, 0.6) is 0 Å². The predicted octanol–water partition coefficient (Wildman–Crippen LogP) is 0.529. The van der Waals surface area contributed by atoms with E-state index in [0.717, 1.165) is 30.9 Å². The van der Waals surface area contributed by atoms with Gasteiger partial charge in [0.2, 0.25) is 17.7 Å². The van der Waals surface area contributed by atoms with Crippen LogP contribution in [0.15, 0.2) is 0 Å². The number of aromatic nitrogens is 3. The van der Waals surface area contributed by atoms with Crippen LogP contribution in [-0.4, -0.2) is 55.4 Å². The minimum Gasteiger partial charge on any atom is -0.332 e. The fourth-order valence-corrected chi connectivity index (χ4v) is 5.90. The van der Waals surface area contributed by atoms with Gasteiger partial charge in [0.05, 0.1) is 18.4 Å². The molecule has 6 rings (SSSR count). The van der Waals surface area contributed by atoms with E-state index in [1.165, 1.54) is 17.7 Å². The smallest absolute Gasteiger partial charge is 0.243 e. The van der Waals surface area contributed by atoms with Gasteiger partial charge in [0, 0.05) is 19.0 Å². The standard InChI is InChI=1S/C19H23N5O3/c25-14(22-5-6-23-13(8-22)20-21-17(23)10-1-2-10)9-24-18(26)15-11-3-4-12(7-11)16(15)19(24)27/h10-12,15-16H,1-9H2/t11-,12-,15-,16-/m0/s1. The number of amides is 3. The zero-order chi connectivity index (χ0) is 18.3. The van der Waals surface area contributed by atoms with E-state index in [-0.39, 0.29) is 36.1 Å². The number of fused-ring (bicyclic) bond motifs is 6. The minimum absolute atomic E-state index is 0.109. The number of carbonyl (C=O) groups is 3. The van der Waals surface area contributed by atoms with E-state index >= 15 is 0 Å². The van der Waals surface area contributed by atoms with Crippen LogP contribution in [0.1, 0.15) is 49.7 Å². The van der Waals surface area contributed by atoms with Crippen molar-refractivity contribution in [3.63, 3.8) is 0 Å². The summed E-state index contributed by atoms with van der Waals surface area (Å²) >= 11 is 0. The Morgan fingerprint density at radius 1 is 0.963 bits per heavy atom. The fraction of sp³-hybridized carbons (Fsp3) is 0.737. The largest absolute Gasteiger partial charge is 0.332 e. The third-order valence-electron chi connectivity index (χ3n) is 7.39. The molecule has 2 aliphatic heterocycles.